The molecule has 4 amide bonds. The second-order valence-electron chi connectivity index (χ2n) is 20.3. The summed E-state index contributed by atoms with van der Waals surface area (Å²) in [4.78, 5) is 65.3. The quantitative estimate of drug-likeness (QED) is 0.108. The molecule has 2 aliphatic heterocycles. The summed E-state index contributed by atoms with van der Waals surface area (Å²) in [7, 11) is 0. The molecule has 11 aromatic rings. The molecule has 0 atom stereocenters. The van der Waals surface area contributed by atoms with Crippen LogP contribution in [0, 0.1) is 25.5 Å². The first kappa shape index (κ1) is 50.9. The Morgan fingerprint density at radius 1 is 0.568 bits per heavy atom. The van der Waals surface area contributed by atoms with Gasteiger partial charge < -0.3 is 25.4 Å². The van der Waals surface area contributed by atoms with E-state index in [1.54, 1.807) is 43.0 Å². The number of aromatic nitrogens is 3. The number of halogens is 2. The topological polar surface area (TPSA) is 143 Å². The van der Waals surface area contributed by atoms with E-state index in [2.05, 4.69) is 31.9 Å². The molecule has 4 N–H and O–H groups in total. The van der Waals surface area contributed by atoms with Crippen LogP contribution in [0.25, 0.3) is 54.2 Å². The number of aryl methyl sites for hydroxylation is 2. The summed E-state index contributed by atoms with van der Waals surface area (Å²) in [6.45, 7) is 4.31. The third-order valence-electron chi connectivity index (χ3n) is 15.2. The van der Waals surface area contributed by atoms with E-state index < -0.39 is 17.5 Å². The molecular formula is C66H49F2N7O4S2. The highest BCUT2D eigenvalue weighted by atomic mass is 32.1. The number of carbonyl (C=O) groups excluding carboxylic acids is 4. The van der Waals surface area contributed by atoms with Crippen LogP contribution in [0.2, 0.25) is 0 Å². The number of para-hydroxylation sites is 4. The summed E-state index contributed by atoms with van der Waals surface area (Å²) in [5, 5.41) is 14.4. The molecule has 15 heteroatoms. The number of amides is 4. The van der Waals surface area contributed by atoms with Crippen molar-refractivity contribution in [1.29, 1.82) is 0 Å². The minimum Gasteiger partial charge on any atom is -0.361 e. The van der Waals surface area contributed by atoms with Gasteiger partial charge in [0.05, 0.1) is 38.2 Å². The van der Waals surface area contributed by atoms with E-state index in [4.69, 9.17) is 0 Å². The smallest absolute Gasteiger partial charge is 0.265 e. The van der Waals surface area contributed by atoms with E-state index >= 15 is 4.39 Å². The molecule has 0 bridgehead atoms. The van der Waals surface area contributed by atoms with Gasteiger partial charge in [-0.15, -0.1) is 22.7 Å². The molecule has 2 aliphatic rings. The standard InChI is InChI=1S/C66H49F2N7O4S2/c1-37-10-9-14-51(67)59(37)70-63(76)57-33-44-27-29-75(56-17-8-5-13-49(56)61(44)80-57)66(79)43-24-20-41(21-25-43)54-35-46(72-73-54)31-39-30-38(2)60(52(68)32-39)71-64(77)58-34-45-26-28-74(55-16-7-4-12-48(55)62(45)81-58)65(78)42-22-18-40(19-23-42)50-36-69-53-15-6-3-11-47(50)53/h3-25,30,32-36,69H,26-29,31H2,1-2H3,(H,70,76)(H,71,77)(H,72,73). The van der Waals surface area contributed by atoms with Gasteiger partial charge in [-0.05, 0) is 133 Å². The molecule has 0 radical (unpaired) electrons. The molecule has 0 saturated heterocycles. The Morgan fingerprint density at radius 2 is 1.12 bits per heavy atom. The molecule has 0 saturated carbocycles. The number of thiophene rings is 2. The third-order valence-corrected chi connectivity index (χ3v) is 17.6. The van der Waals surface area contributed by atoms with Crippen molar-refractivity contribution in [3.63, 3.8) is 0 Å². The van der Waals surface area contributed by atoms with Crippen molar-refractivity contribution in [2.45, 2.75) is 33.1 Å². The Bertz CT molecular complexity index is 4280. The van der Waals surface area contributed by atoms with Crippen LogP contribution in [0.4, 0.5) is 31.5 Å². The molecule has 0 spiro atoms. The van der Waals surface area contributed by atoms with Gasteiger partial charge in [0.1, 0.15) is 11.6 Å². The predicted octanol–water partition coefficient (Wildman–Crippen LogP) is 15.1. The molecule has 0 unspecified atom stereocenters. The van der Waals surface area contributed by atoms with E-state index in [1.807, 2.05) is 138 Å². The van der Waals surface area contributed by atoms with Crippen LogP contribution in [-0.2, 0) is 19.3 Å². The van der Waals surface area contributed by atoms with E-state index in [1.165, 1.54) is 34.8 Å². The lowest BCUT2D eigenvalue weighted by Gasteiger charge is -2.23. The lowest BCUT2D eigenvalue weighted by atomic mass is 10.0. The van der Waals surface area contributed by atoms with Crippen LogP contribution in [0.15, 0.2) is 176 Å². The molecule has 0 aliphatic carbocycles. The van der Waals surface area contributed by atoms with Gasteiger partial charge in [0, 0.05) is 85.4 Å². The van der Waals surface area contributed by atoms with Gasteiger partial charge in [-0.3, -0.25) is 24.3 Å². The second-order valence-corrected chi connectivity index (χ2v) is 22.4. The molecule has 7 aromatic carbocycles. The summed E-state index contributed by atoms with van der Waals surface area (Å²) in [5.41, 5.74) is 13.6. The minimum atomic E-state index is -0.558. The van der Waals surface area contributed by atoms with Gasteiger partial charge in [-0.1, -0.05) is 97.1 Å². The van der Waals surface area contributed by atoms with Gasteiger partial charge >= 0.3 is 0 Å². The summed E-state index contributed by atoms with van der Waals surface area (Å²) < 4.78 is 30.6. The number of nitrogens with zero attached hydrogens (tertiary/aromatic N) is 3. The monoisotopic (exact) mass is 1110 g/mol. The molecule has 0 fully saturated rings. The molecular weight excluding hydrogens is 1060 g/mol. The maximum Gasteiger partial charge on any atom is 0.265 e. The normalized spacial score (nSPS) is 12.7. The van der Waals surface area contributed by atoms with Crippen LogP contribution in [0.1, 0.15) is 73.6 Å². The van der Waals surface area contributed by atoms with Crippen LogP contribution >= 0.6 is 22.7 Å². The summed E-state index contributed by atoms with van der Waals surface area (Å²) in [5.74, 6) is -2.14. The molecule has 6 heterocycles. The van der Waals surface area contributed by atoms with Crippen LogP contribution in [0.3, 0.4) is 0 Å². The zero-order chi connectivity index (χ0) is 55.5. The van der Waals surface area contributed by atoms with Crippen molar-refractivity contribution in [3.05, 3.63) is 242 Å². The molecule has 13 rings (SSSR count). The Hall–Kier alpha value is -9.57. The zero-order valence-electron chi connectivity index (χ0n) is 43.8. The Kier molecular flexibility index (Phi) is 13.1. The number of rotatable bonds is 10. The number of aromatic amines is 2. The lowest BCUT2D eigenvalue weighted by molar-refractivity contribution is 0.0979. The van der Waals surface area contributed by atoms with E-state index in [9.17, 15) is 23.6 Å². The predicted molar refractivity (Wildman–Crippen MR) is 319 cm³/mol. The Morgan fingerprint density at radius 3 is 1.72 bits per heavy atom. The van der Waals surface area contributed by atoms with Crippen molar-refractivity contribution in [2.24, 2.45) is 0 Å². The first-order valence-corrected chi connectivity index (χ1v) is 28.1. The molecule has 11 nitrogen and oxygen atoms in total. The lowest BCUT2D eigenvalue weighted by Crippen LogP contribution is -2.32. The fraction of sp³-hybridized carbons (Fsp3) is 0.106. The van der Waals surface area contributed by atoms with Crippen molar-refractivity contribution in [2.75, 3.05) is 33.5 Å². The van der Waals surface area contributed by atoms with E-state index in [0.29, 0.717) is 75.6 Å². The summed E-state index contributed by atoms with van der Waals surface area (Å²) in [6, 6.07) is 52.0. The van der Waals surface area contributed by atoms with Gasteiger partial charge in [0.15, 0.2) is 0 Å². The molecule has 398 valence electrons. The number of carbonyl (C=O) groups is 4. The molecule has 81 heavy (non-hydrogen) atoms. The number of fused-ring (bicyclic) bond motifs is 7. The van der Waals surface area contributed by atoms with Gasteiger partial charge in [0.25, 0.3) is 23.6 Å². The average Bonchev–Trinajstić information content (AvgIpc) is 4.32. The second kappa shape index (κ2) is 20.9. The number of benzene rings is 7. The number of hydrogen-bond acceptors (Lipinski definition) is 7. The van der Waals surface area contributed by atoms with Crippen molar-refractivity contribution in [3.8, 4) is 43.3 Å². The molecule has 4 aromatic heterocycles. The Labute approximate surface area is 472 Å². The SMILES string of the molecule is Cc1cccc(F)c1NC(=O)c1cc2c(s1)-c1ccccc1N(C(=O)c1ccc(-c3cc(Cc4cc(C)c(NC(=O)c5cc6c(s5)-c5ccccc5N(C(=O)c5ccc(-c7c[nH]c8ccccc78)cc5)CC6)c(F)c4)[nH]n3)cc1)CC2. The number of anilines is 4. The highest BCUT2D eigenvalue weighted by Gasteiger charge is 2.30. The van der Waals surface area contributed by atoms with Crippen molar-refractivity contribution >= 4 is 80.0 Å². The fourth-order valence-electron chi connectivity index (χ4n) is 11.1. The zero-order valence-corrected chi connectivity index (χ0v) is 45.5. The van der Waals surface area contributed by atoms with Gasteiger partial charge in [-0.2, -0.15) is 5.10 Å². The van der Waals surface area contributed by atoms with E-state index in [-0.39, 0.29) is 29.1 Å². The summed E-state index contributed by atoms with van der Waals surface area (Å²) >= 11 is 2.65. The highest BCUT2D eigenvalue weighted by Crippen LogP contribution is 2.44. The van der Waals surface area contributed by atoms with Crippen LogP contribution in [-0.4, -0.2) is 51.9 Å². The number of nitrogens with one attached hydrogen (secondary N) is 4. The first-order valence-electron chi connectivity index (χ1n) is 26.5. The summed E-state index contributed by atoms with van der Waals surface area (Å²) in [6.07, 6.45) is 3.37. The third kappa shape index (κ3) is 9.59. The average molecular weight is 1110 g/mol. The van der Waals surface area contributed by atoms with Crippen LogP contribution in [0.5, 0.6) is 0 Å². The van der Waals surface area contributed by atoms with Crippen LogP contribution < -0.4 is 20.4 Å². The van der Waals surface area contributed by atoms with Crippen molar-refractivity contribution in [1.82, 2.24) is 15.2 Å². The highest BCUT2D eigenvalue weighted by molar-refractivity contribution is 7.18. The maximum absolute atomic E-state index is 16.0. The van der Waals surface area contributed by atoms with Gasteiger partial charge in [-0.25, -0.2) is 8.78 Å². The van der Waals surface area contributed by atoms with Crippen molar-refractivity contribution < 1.29 is 28.0 Å². The fourth-order valence-corrected chi connectivity index (χ4v) is 13.4. The minimum absolute atomic E-state index is 0.103. The number of hydrogen-bond donors (Lipinski definition) is 4. The number of H-pyrrole nitrogens is 2. The van der Waals surface area contributed by atoms with E-state index in [0.717, 1.165) is 76.7 Å². The van der Waals surface area contributed by atoms with Gasteiger partial charge in [0.2, 0.25) is 0 Å². The first-order chi connectivity index (χ1) is 39.4. The maximum atomic E-state index is 16.0. The Balaban J connectivity index is 0.656. The largest absolute Gasteiger partial charge is 0.361 e.